The minimum absolute atomic E-state index is 0.0162. The monoisotopic (exact) mass is 178 g/mol. The van der Waals surface area contributed by atoms with Crippen LogP contribution in [-0.2, 0) is 0 Å². The van der Waals surface area contributed by atoms with Crippen LogP contribution in [0.4, 0.5) is 8.78 Å². The van der Waals surface area contributed by atoms with Crippen molar-refractivity contribution in [2.24, 2.45) is 17.8 Å². The SMILES string of the molecule is CC(C)C(CC(C)(F)F)C(C)C. The molecule has 2 heteroatoms. The van der Waals surface area contributed by atoms with Gasteiger partial charge in [0.25, 0.3) is 0 Å². The molecule has 0 N–H and O–H groups in total. The van der Waals surface area contributed by atoms with Crippen molar-refractivity contribution < 1.29 is 8.78 Å². The first kappa shape index (κ1) is 11.9. The van der Waals surface area contributed by atoms with E-state index in [0.717, 1.165) is 6.92 Å². The number of alkyl halides is 2. The summed E-state index contributed by atoms with van der Waals surface area (Å²) in [5, 5.41) is 0. The molecular weight excluding hydrogens is 158 g/mol. The van der Waals surface area contributed by atoms with Crippen LogP contribution >= 0.6 is 0 Å². The zero-order valence-electron chi connectivity index (χ0n) is 8.70. The molecular formula is C10H20F2. The molecule has 0 fully saturated rings. The van der Waals surface area contributed by atoms with Gasteiger partial charge in [0.2, 0.25) is 5.92 Å². The summed E-state index contributed by atoms with van der Waals surface area (Å²) in [5.74, 6) is -1.70. The Hall–Kier alpha value is -0.140. The van der Waals surface area contributed by atoms with Gasteiger partial charge in [-0.05, 0) is 24.7 Å². The smallest absolute Gasteiger partial charge is 0.207 e. The topological polar surface area (TPSA) is 0 Å². The van der Waals surface area contributed by atoms with Crippen molar-refractivity contribution in [1.82, 2.24) is 0 Å². The molecule has 0 aromatic carbocycles. The third-order valence-electron chi connectivity index (χ3n) is 2.31. The third kappa shape index (κ3) is 4.68. The number of hydrogen-bond acceptors (Lipinski definition) is 0. The van der Waals surface area contributed by atoms with Gasteiger partial charge in [-0.15, -0.1) is 0 Å². The maximum atomic E-state index is 12.7. The van der Waals surface area contributed by atoms with Crippen molar-refractivity contribution in [1.29, 1.82) is 0 Å². The van der Waals surface area contributed by atoms with Crippen molar-refractivity contribution in [3.63, 3.8) is 0 Å². The van der Waals surface area contributed by atoms with Gasteiger partial charge in [-0.1, -0.05) is 27.7 Å². The van der Waals surface area contributed by atoms with E-state index < -0.39 is 5.92 Å². The van der Waals surface area contributed by atoms with Gasteiger partial charge in [0.15, 0.2) is 0 Å². The Labute approximate surface area is 74.4 Å². The molecule has 0 spiro atoms. The predicted octanol–water partition coefficient (Wildman–Crippen LogP) is 3.96. The van der Waals surface area contributed by atoms with Gasteiger partial charge < -0.3 is 0 Å². The third-order valence-corrected chi connectivity index (χ3v) is 2.31. The lowest BCUT2D eigenvalue weighted by molar-refractivity contribution is -0.0182. The fraction of sp³-hybridized carbons (Fsp3) is 1.00. The van der Waals surface area contributed by atoms with E-state index in [-0.39, 0.29) is 12.3 Å². The van der Waals surface area contributed by atoms with Crippen LogP contribution in [0.1, 0.15) is 41.0 Å². The van der Waals surface area contributed by atoms with Crippen LogP contribution in [0.25, 0.3) is 0 Å². The quantitative estimate of drug-likeness (QED) is 0.611. The van der Waals surface area contributed by atoms with Crippen LogP contribution in [0.15, 0.2) is 0 Å². The molecule has 0 saturated heterocycles. The van der Waals surface area contributed by atoms with Gasteiger partial charge >= 0.3 is 0 Å². The van der Waals surface area contributed by atoms with Gasteiger partial charge in [0.1, 0.15) is 0 Å². The fourth-order valence-corrected chi connectivity index (χ4v) is 1.66. The minimum Gasteiger partial charge on any atom is -0.207 e. The van der Waals surface area contributed by atoms with E-state index in [2.05, 4.69) is 0 Å². The van der Waals surface area contributed by atoms with E-state index in [0.29, 0.717) is 11.8 Å². The van der Waals surface area contributed by atoms with Crippen LogP contribution in [0.2, 0.25) is 0 Å². The zero-order valence-corrected chi connectivity index (χ0v) is 8.70. The minimum atomic E-state index is -2.51. The van der Waals surface area contributed by atoms with Gasteiger partial charge in [-0.2, -0.15) is 0 Å². The molecule has 0 aromatic rings. The van der Waals surface area contributed by atoms with E-state index in [1.807, 2.05) is 27.7 Å². The normalized spacial score (nSPS) is 13.5. The molecule has 0 aliphatic rings. The second kappa shape index (κ2) is 4.20. The second-order valence-electron chi connectivity index (χ2n) is 4.43. The van der Waals surface area contributed by atoms with Crippen LogP contribution in [0, 0.1) is 17.8 Å². The number of hydrogen-bond donors (Lipinski definition) is 0. The highest BCUT2D eigenvalue weighted by atomic mass is 19.3. The van der Waals surface area contributed by atoms with E-state index in [1.54, 1.807) is 0 Å². The first-order valence-electron chi connectivity index (χ1n) is 4.62. The molecule has 0 atom stereocenters. The molecule has 0 aromatic heterocycles. The average molecular weight is 178 g/mol. The average Bonchev–Trinajstić information content (AvgIpc) is 1.79. The maximum absolute atomic E-state index is 12.7. The summed E-state index contributed by atoms with van der Waals surface area (Å²) in [7, 11) is 0. The second-order valence-corrected chi connectivity index (χ2v) is 4.43. The molecule has 12 heavy (non-hydrogen) atoms. The molecule has 0 aliphatic carbocycles. The van der Waals surface area contributed by atoms with Crippen molar-refractivity contribution in [2.75, 3.05) is 0 Å². The molecule has 0 heterocycles. The lowest BCUT2D eigenvalue weighted by Crippen LogP contribution is -2.24. The first-order valence-corrected chi connectivity index (χ1v) is 4.62. The predicted molar refractivity (Wildman–Crippen MR) is 48.4 cm³/mol. The maximum Gasteiger partial charge on any atom is 0.245 e. The summed E-state index contributed by atoms with van der Waals surface area (Å²) >= 11 is 0. The number of halogens is 2. The van der Waals surface area contributed by atoms with Crippen LogP contribution in [0.3, 0.4) is 0 Å². The Bertz CT molecular complexity index is 114. The summed E-state index contributed by atoms with van der Waals surface area (Å²) < 4.78 is 25.4. The van der Waals surface area contributed by atoms with Crippen molar-refractivity contribution >= 4 is 0 Å². The van der Waals surface area contributed by atoms with Crippen LogP contribution in [0.5, 0.6) is 0 Å². The lowest BCUT2D eigenvalue weighted by atomic mass is 9.81. The van der Waals surface area contributed by atoms with Crippen molar-refractivity contribution in [2.45, 2.75) is 47.0 Å². The Balaban J connectivity index is 4.15. The molecule has 0 nitrogen and oxygen atoms in total. The van der Waals surface area contributed by atoms with Gasteiger partial charge in [0.05, 0.1) is 0 Å². The highest BCUT2D eigenvalue weighted by Gasteiger charge is 2.29. The summed E-state index contributed by atoms with van der Waals surface area (Å²) in [6, 6.07) is 0. The Morgan fingerprint density at radius 3 is 1.42 bits per heavy atom. The van der Waals surface area contributed by atoms with Crippen LogP contribution < -0.4 is 0 Å². The van der Waals surface area contributed by atoms with Gasteiger partial charge in [0, 0.05) is 6.42 Å². The number of rotatable bonds is 4. The summed E-state index contributed by atoms with van der Waals surface area (Å²) in [6.07, 6.45) is 0.0162. The fourth-order valence-electron chi connectivity index (χ4n) is 1.66. The molecule has 0 saturated carbocycles. The lowest BCUT2D eigenvalue weighted by Gasteiger charge is -2.27. The molecule has 74 valence electrons. The largest absolute Gasteiger partial charge is 0.245 e. The molecule has 0 amide bonds. The van der Waals surface area contributed by atoms with E-state index in [1.165, 1.54) is 0 Å². The summed E-state index contributed by atoms with van der Waals surface area (Å²) in [4.78, 5) is 0. The summed E-state index contributed by atoms with van der Waals surface area (Å²) in [5.41, 5.74) is 0. The molecule has 0 bridgehead atoms. The Morgan fingerprint density at radius 2 is 1.33 bits per heavy atom. The molecule has 0 aliphatic heterocycles. The highest BCUT2D eigenvalue weighted by molar-refractivity contribution is 4.72. The van der Waals surface area contributed by atoms with E-state index in [9.17, 15) is 8.78 Å². The van der Waals surface area contributed by atoms with Crippen LogP contribution in [-0.4, -0.2) is 5.92 Å². The summed E-state index contributed by atoms with van der Waals surface area (Å²) in [6.45, 7) is 9.05. The van der Waals surface area contributed by atoms with Gasteiger partial charge in [-0.25, -0.2) is 8.78 Å². The van der Waals surface area contributed by atoms with E-state index >= 15 is 0 Å². The standard InChI is InChI=1S/C10H20F2/c1-7(2)9(8(3)4)6-10(5,11)12/h7-9H,6H2,1-5H3. The van der Waals surface area contributed by atoms with E-state index in [4.69, 9.17) is 0 Å². The van der Waals surface area contributed by atoms with Gasteiger partial charge in [-0.3, -0.25) is 0 Å². The Morgan fingerprint density at radius 1 is 1.00 bits per heavy atom. The van der Waals surface area contributed by atoms with Crippen molar-refractivity contribution in [3.8, 4) is 0 Å². The van der Waals surface area contributed by atoms with Crippen molar-refractivity contribution in [3.05, 3.63) is 0 Å². The first-order chi connectivity index (χ1) is 5.24. The zero-order chi connectivity index (χ0) is 9.94. The molecule has 0 radical (unpaired) electrons. The Kier molecular flexibility index (Phi) is 4.15. The highest BCUT2D eigenvalue weighted by Crippen LogP contribution is 2.32. The molecule has 0 rings (SSSR count). The molecule has 0 unspecified atom stereocenters.